The Labute approximate surface area is 125 Å². The van der Waals surface area contributed by atoms with Crippen molar-refractivity contribution in [3.05, 3.63) is 52.7 Å². The average molecular weight is 278 g/mol. The van der Waals surface area contributed by atoms with Crippen LogP contribution in [0, 0.1) is 11.3 Å². The molecule has 0 amide bonds. The number of aromatic nitrogens is 1. The summed E-state index contributed by atoms with van der Waals surface area (Å²) in [6, 6.07) is 12.1. The van der Waals surface area contributed by atoms with Crippen LogP contribution in [0.4, 0.5) is 0 Å². The predicted molar refractivity (Wildman–Crippen MR) is 81.6 cm³/mol. The highest BCUT2D eigenvalue weighted by Gasteiger charge is 2.17. The fraction of sp³-hybridized carbons (Fsp3) is 0.333. The Balaban J connectivity index is 1.95. The Hall–Kier alpha value is -2.34. The Morgan fingerprint density at radius 1 is 1.24 bits per heavy atom. The number of benzene rings is 1. The minimum absolute atomic E-state index is 0.430. The second-order valence-corrected chi connectivity index (χ2v) is 5.74. The highest BCUT2D eigenvalue weighted by atomic mass is 16.5. The molecule has 0 saturated heterocycles. The van der Waals surface area contributed by atoms with E-state index in [-0.39, 0.29) is 0 Å². The topological polar surface area (TPSA) is 45.9 Å². The van der Waals surface area contributed by atoms with Crippen molar-refractivity contribution in [1.82, 2.24) is 4.98 Å². The summed E-state index contributed by atoms with van der Waals surface area (Å²) in [6.07, 6.45) is 3.10. The monoisotopic (exact) mass is 278 g/mol. The molecule has 1 aliphatic rings. The fourth-order valence-electron chi connectivity index (χ4n) is 2.66. The molecule has 1 aromatic heterocycles. The molecule has 2 aromatic rings. The van der Waals surface area contributed by atoms with Gasteiger partial charge < -0.3 is 4.74 Å². The lowest BCUT2D eigenvalue weighted by Gasteiger charge is -2.11. The third-order valence-electron chi connectivity index (χ3n) is 3.88. The average Bonchev–Trinajstić information content (AvgIpc) is 2.93. The van der Waals surface area contributed by atoms with Crippen molar-refractivity contribution < 1.29 is 4.74 Å². The summed E-state index contributed by atoms with van der Waals surface area (Å²) in [7, 11) is 0. The summed E-state index contributed by atoms with van der Waals surface area (Å²) in [5.74, 6) is 1.61. The third kappa shape index (κ3) is 2.75. The van der Waals surface area contributed by atoms with Crippen LogP contribution in [0.1, 0.15) is 48.6 Å². The Bertz CT molecular complexity index is 714. The molecule has 0 aliphatic heterocycles. The lowest BCUT2D eigenvalue weighted by Crippen LogP contribution is -1.98. The van der Waals surface area contributed by atoms with Crippen LogP contribution in [0.15, 0.2) is 30.3 Å². The van der Waals surface area contributed by atoms with E-state index in [0.717, 1.165) is 30.7 Å². The van der Waals surface area contributed by atoms with Gasteiger partial charge in [-0.25, -0.2) is 4.98 Å². The smallest absolute Gasteiger partial charge is 0.237 e. The number of fused-ring (bicyclic) bond motifs is 1. The summed E-state index contributed by atoms with van der Waals surface area (Å²) in [4.78, 5) is 4.55. The predicted octanol–water partition coefficient (Wildman–Crippen LogP) is 4.36. The summed E-state index contributed by atoms with van der Waals surface area (Å²) >= 11 is 0. The maximum absolute atomic E-state index is 9.30. The van der Waals surface area contributed by atoms with Crippen LogP contribution < -0.4 is 4.74 Å². The van der Waals surface area contributed by atoms with E-state index in [1.807, 2.05) is 24.3 Å². The molecule has 0 atom stereocenters. The maximum atomic E-state index is 9.30. The number of nitriles is 1. The first-order valence-electron chi connectivity index (χ1n) is 7.38. The van der Waals surface area contributed by atoms with E-state index in [1.165, 1.54) is 11.1 Å². The number of ether oxygens (including phenoxy) is 1. The lowest BCUT2D eigenvalue weighted by atomic mass is 10.0. The second-order valence-electron chi connectivity index (χ2n) is 5.74. The SMILES string of the molecule is CC(C)c1cccc(Oc2nc3c(cc2C#N)CCC3)c1. The molecule has 1 aromatic carbocycles. The fourth-order valence-corrected chi connectivity index (χ4v) is 2.66. The number of aryl methyl sites for hydroxylation is 2. The summed E-state index contributed by atoms with van der Waals surface area (Å²) in [5, 5.41) is 9.30. The van der Waals surface area contributed by atoms with Crippen LogP contribution in [-0.2, 0) is 12.8 Å². The minimum Gasteiger partial charge on any atom is -0.438 e. The van der Waals surface area contributed by atoms with E-state index < -0.39 is 0 Å². The Kier molecular flexibility index (Phi) is 3.62. The van der Waals surface area contributed by atoms with Gasteiger partial charge >= 0.3 is 0 Å². The second kappa shape index (κ2) is 5.57. The van der Waals surface area contributed by atoms with Gasteiger partial charge in [0, 0.05) is 5.69 Å². The van der Waals surface area contributed by atoms with Crippen molar-refractivity contribution in [3.63, 3.8) is 0 Å². The van der Waals surface area contributed by atoms with Gasteiger partial charge in [0.25, 0.3) is 0 Å². The van der Waals surface area contributed by atoms with Gasteiger partial charge in [-0.3, -0.25) is 0 Å². The molecule has 0 N–H and O–H groups in total. The van der Waals surface area contributed by atoms with Gasteiger partial charge in [-0.2, -0.15) is 5.26 Å². The van der Waals surface area contributed by atoms with Crippen LogP contribution in [0.5, 0.6) is 11.6 Å². The van der Waals surface area contributed by atoms with E-state index in [9.17, 15) is 5.26 Å². The number of rotatable bonds is 3. The van der Waals surface area contributed by atoms with Crippen LogP contribution in [-0.4, -0.2) is 4.98 Å². The van der Waals surface area contributed by atoms with Gasteiger partial charge in [0.05, 0.1) is 0 Å². The molecule has 106 valence electrons. The van der Waals surface area contributed by atoms with Crippen LogP contribution >= 0.6 is 0 Å². The van der Waals surface area contributed by atoms with Gasteiger partial charge in [-0.05, 0) is 54.5 Å². The quantitative estimate of drug-likeness (QED) is 0.838. The first-order valence-corrected chi connectivity index (χ1v) is 7.38. The molecule has 3 rings (SSSR count). The third-order valence-corrected chi connectivity index (χ3v) is 3.88. The molecule has 3 nitrogen and oxygen atoms in total. The maximum Gasteiger partial charge on any atom is 0.237 e. The van der Waals surface area contributed by atoms with E-state index in [0.29, 0.717) is 17.4 Å². The van der Waals surface area contributed by atoms with Crippen LogP contribution in [0.25, 0.3) is 0 Å². The van der Waals surface area contributed by atoms with E-state index in [4.69, 9.17) is 4.74 Å². The van der Waals surface area contributed by atoms with E-state index in [2.05, 4.69) is 31.0 Å². The highest BCUT2D eigenvalue weighted by Crippen LogP contribution is 2.30. The number of hydrogen-bond donors (Lipinski definition) is 0. The zero-order valence-electron chi connectivity index (χ0n) is 12.4. The van der Waals surface area contributed by atoms with Gasteiger partial charge in [0.2, 0.25) is 5.88 Å². The van der Waals surface area contributed by atoms with Crippen molar-refractivity contribution in [2.45, 2.75) is 39.0 Å². The number of pyridine rings is 1. The molecule has 0 bridgehead atoms. The number of nitrogens with zero attached hydrogens (tertiary/aromatic N) is 2. The highest BCUT2D eigenvalue weighted by molar-refractivity contribution is 5.46. The lowest BCUT2D eigenvalue weighted by molar-refractivity contribution is 0.458. The molecule has 0 spiro atoms. The molecule has 21 heavy (non-hydrogen) atoms. The van der Waals surface area contributed by atoms with Gasteiger partial charge in [-0.1, -0.05) is 26.0 Å². The molecule has 0 fully saturated rings. The molecule has 1 heterocycles. The molecular weight excluding hydrogens is 260 g/mol. The number of hydrogen-bond acceptors (Lipinski definition) is 3. The zero-order chi connectivity index (χ0) is 14.8. The van der Waals surface area contributed by atoms with Crippen molar-refractivity contribution in [2.24, 2.45) is 0 Å². The first-order chi connectivity index (χ1) is 10.2. The summed E-state index contributed by atoms with van der Waals surface area (Å²) in [5.41, 5.74) is 4.00. The Morgan fingerprint density at radius 2 is 2.10 bits per heavy atom. The molecular formula is C18H18N2O. The van der Waals surface area contributed by atoms with Gasteiger partial charge in [0.15, 0.2) is 0 Å². The van der Waals surface area contributed by atoms with Crippen molar-refractivity contribution in [2.75, 3.05) is 0 Å². The summed E-state index contributed by atoms with van der Waals surface area (Å²) < 4.78 is 5.88. The standard InChI is InChI=1S/C18H18N2O/c1-12(2)13-5-3-7-16(10-13)21-18-15(11-19)9-14-6-4-8-17(14)20-18/h3,5,7,9-10,12H,4,6,8H2,1-2H3. The molecule has 1 aliphatic carbocycles. The molecule has 0 saturated carbocycles. The molecule has 0 radical (unpaired) electrons. The van der Waals surface area contributed by atoms with E-state index >= 15 is 0 Å². The van der Waals surface area contributed by atoms with E-state index in [1.54, 1.807) is 0 Å². The summed E-state index contributed by atoms with van der Waals surface area (Å²) in [6.45, 7) is 4.29. The zero-order valence-corrected chi connectivity index (χ0v) is 12.4. The van der Waals surface area contributed by atoms with Crippen molar-refractivity contribution in [3.8, 4) is 17.7 Å². The van der Waals surface area contributed by atoms with Crippen molar-refractivity contribution >= 4 is 0 Å². The molecule has 0 unspecified atom stereocenters. The molecule has 3 heteroatoms. The van der Waals surface area contributed by atoms with Crippen LogP contribution in [0.2, 0.25) is 0 Å². The normalized spacial score (nSPS) is 13.0. The largest absolute Gasteiger partial charge is 0.438 e. The van der Waals surface area contributed by atoms with Crippen LogP contribution in [0.3, 0.4) is 0 Å². The Morgan fingerprint density at radius 3 is 2.86 bits per heavy atom. The van der Waals surface area contributed by atoms with Crippen molar-refractivity contribution in [1.29, 1.82) is 5.26 Å². The first kappa shape index (κ1) is 13.6. The van der Waals surface area contributed by atoms with Gasteiger partial charge in [-0.15, -0.1) is 0 Å². The van der Waals surface area contributed by atoms with Gasteiger partial charge in [0.1, 0.15) is 17.4 Å². The minimum atomic E-state index is 0.430.